The van der Waals surface area contributed by atoms with Crippen LogP contribution >= 0.6 is 0 Å². The van der Waals surface area contributed by atoms with E-state index < -0.39 is 23.8 Å². The van der Waals surface area contributed by atoms with Crippen LogP contribution in [0.1, 0.15) is 38.0 Å². The molecule has 1 N–H and O–H groups in total. The van der Waals surface area contributed by atoms with E-state index in [1.807, 2.05) is 52.0 Å². The van der Waals surface area contributed by atoms with E-state index in [-0.39, 0.29) is 0 Å². The number of aliphatic hydroxyl groups excluding tert-OH is 1. The van der Waals surface area contributed by atoms with E-state index in [2.05, 4.69) is 0 Å². The molecule has 0 saturated carbocycles. The lowest BCUT2D eigenvalue weighted by atomic mass is 10.00. The number of carbonyl (C=O) groups is 1. The SMILES string of the molecule is Cc1ccc(C(O)C2COCCN2C(=O)OC(C)(C)C)cc1. The van der Waals surface area contributed by atoms with Gasteiger partial charge in [-0.1, -0.05) is 29.8 Å². The van der Waals surface area contributed by atoms with Crippen molar-refractivity contribution in [3.63, 3.8) is 0 Å². The predicted octanol–water partition coefficient (Wildman–Crippen LogP) is 2.66. The summed E-state index contributed by atoms with van der Waals surface area (Å²) in [5.41, 5.74) is 1.34. The Hall–Kier alpha value is -1.59. The number of carbonyl (C=O) groups excluding carboxylic acids is 1. The van der Waals surface area contributed by atoms with Gasteiger partial charge in [0.05, 0.1) is 19.3 Å². The quantitative estimate of drug-likeness (QED) is 0.912. The zero-order valence-electron chi connectivity index (χ0n) is 13.7. The Labute approximate surface area is 131 Å². The number of amides is 1. The van der Waals surface area contributed by atoms with Gasteiger partial charge in [0.1, 0.15) is 11.7 Å². The Morgan fingerprint density at radius 1 is 1.36 bits per heavy atom. The van der Waals surface area contributed by atoms with Crippen molar-refractivity contribution in [3.05, 3.63) is 35.4 Å². The van der Waals surface area contributed by atoms with E-state index in [0.29, 0.717) is 19.8 Å². The Bertz CT molecular complexity index is 506. The van der Waals surface area contributed by atoms with Crippen molar-refractivity contribution in [2.45, 2.75) is 45.4 Å². The van der Waals surface area contributed by atoms with Gasteiger partial charge < -0.3 is 14.6 Å². The van der Waals surface area contributed by atoms with Crippen LogP contribution in [0.25, 0.3) is 0 Å². The van der Waals surface area contributed by atoms with Gasteiger partial charge in [-0.3, -0.25) is 4.90 Å². The van der Waals surface area contributed by atoms with Gasteiger partial charge in [-0.25, -0.2) is 4.79 Å². The first-order valence-electron chi connectivity index (χ1n) is 7.60. The van der Waals surface area contributed by atoms with Crippen molar-refractivity contribution in [2.75, 3.05) is 19.8 Å². The molecule has 0 aliphatic carbocycles. The summed E-state index contributed by atoms with van der Waals surface area (Å²) in [7, 11) is 0. The molecule has 5 nitrogen and oxygen atoms in total. The molecule has 1 saturated heterocycles. The highest BCUT2D eigenvalue weighted by Crippen LogP contribution is 2.25. The highest BCUT2D eigenvalue weighted by Gasteiger charge is 2.35. The average molecular weight is 307 g/mol. The lowest BCUT2D eigenvalue weighted by molar-refractivity contribution is -0.0672. The third-order valence-electron chi connectivity index (χ3n) is 3.58. The topological polar surface area (TPSA) is 59.0 Å². The Balaban J connectivity index is 2.15. The third-order valence-corrected chi connectivity index (χ3v) is 3.58. The minimum Gasteiger partial charge on any atom is -0.444 e. The van der Waals surface area contributed by atoms with Gasteiger partial charge in [0, 0.05) is 6.54 Å². The highest BCUT2D eigenvalue weighted by molar-refractivity contribution is 5.69. The number of hydrogen-bond donors (Lipinski definition) is 1. The molecular weight excluding hydrogens is 282 g/mol. The Morgan fingerprint density at radius 3 is 2.59 bits per heavy atom. The number of ether oxygens (including phenoxy) is 2. The fourth-order valence-electron chi connectivity index (χ4n) is 2.42. The minimum absolute atomic E-state index is 0.300. The molecule has 1 heterocycles. The summed E-state index contributed by atoms with van der Waals surface area (Å²) in [6.07, 6.45) is -1.21. The van der Waals surface area contributed by atoms with Crippen LogP contribution in [0.3, 0.4) is 0 Å². The van der Waals surface area contributed by atoms with Crippen LogP contribution in [0.2, 0.25) is 0 Å². The third kappa shape index (κ3) is 4.21. The lowest BCUT2D eigenvalue weighted by Gasteiger charge is -2.38. The first-order chi connectivity index (χ1) is 10.3. The van der Waals surface area contributed by atoms with Crippen molar-refractivity contribution < 1.29 is 19.4 Å². The van der Waals surface area contributed by atoms with Crippen LogP contribution in [0.4, 0.5) is 4.79 Å². The molecule has 22 heavy (non-hydrogen) atoms. The number of nitrogens with zero attached hydrogens (tertiary/aromatic N) is 1. The summed E-state index contributed by atoms with van der Waals surface area (Å²) in [6.45, 7) is 8.66. The first kappa shape index (κ1) is 16.8. The number of rotatable bonds is 2. The molecule has 2 rings (SSSR count). The molecule has 2 atom stereocenters. The van der Waals surface area contributed by atoms with Crippen LogP contribution in [0.5, 0.6) is 0 Å². The van der Waals surface area contributed by atoms with E-state index in [1.54, 1.807) is 4.90 Å². The van der Waals surface area contributed by atoms with E-state index in [4.69, 9.17) is 9.47 Å². The average Bonchev–Trinajstić information content (AvgIpc) is 2.45. The number of benzene rings is 1. The van der Waals surface area contributed by atoms with Crippen LogP contribution in [-0.4, -0.2) is 47.5 Å². The molecule has 1 aromatic rings. The molecule has 5 heteroatoms. The molecule has 2 unspecified atom stereocenters. The second-order valence-corrected chi connectivity index (χ2v) is 6.67. The van der Waals surface area contributed by atoms with Gasteiger partial charge in [0.15, 0.2) is 0 Å². The predicted molar refractivity (Wildman–Crippen MR) is 83.7 cm³/mol. The van der Waals surface area contributed by atoms with Crippen LogP contribution in [-0.2, 0) is 9.47 Å². The van der Waals surface area contributed by atoms with Gasteiger partial charge in [-0.05, 0) is 33.3 Å². The first-order valence-corrected chi connectivity index (χ1v) is 7.60. The van der Waals surface area contributed by atoms with Crippen molar-refractivity contribution in [3.8, 4) is 0 Å². The smallest absolute Gasteiger partial charge is 0.410 e. The van der Waals surface area contributed by atoms with Crippen LogP contribution < -0.4 is 0 Å². The molecule has 0 bridgehead atoms. The zero-order valence-corrected chi connectivity index (χ0v) is 13.7. The number of aryl methyl sites for hydroxylation is 1. The standard InChI is InChI=1S/C17H25NO4/c1-12-5-7-13(8-6-12)15(19)14-11-21-10-9-18(14)16(20)22-17(2,3)4/h5-8,14-15,19H,9-11H2,1-4H3. The molecule has 122 valence electrons. The maximum Gasteiger partial charge on any atom is 0.410 e. The van der Waals surface area contributed by atoms with E-state index in [0.717, 1.165) is 11.1 Å². The summed E-state index contributed by atoms with van der Waals surface area (Å²) in [5, 5.41) is 10.6. The molecule has 0 aromatic heterocycles. The van der Waals surface area contributed by atoms with Crippen molar-refractivity contribution >= 4 is 6.09 Å². The van der Waals surface area contributed by atoms with Gasteiger partial charge in [-0.2, -0.15) is 0 Å². The summed E-state index contributed by atoms with van der Waals surface area (Å²) in [6, 6.07) is 7.20. The van der Waals surface area contributed by atoms with Gasteiger partial charge in [0.25, 0.3) is 0 Å². The molecule has 0 spiro atoms. The van der Waals surface area contributed by atoms with Crippen LogP contribution in [0.15, 0.2) is 24.3 Å². The second kappa shape index (κ2) is 6.67. The fourth-order valence-corrected chi connectivity index (χ4v) is 2.42. The summed E-state index contributed by atoms with van der Waals surface area (Å²) in [5.74, 6) is 0. The second-order valence-electron chi connectivity index (χ2n) is 6.67. The summed E-state index contributed by atoms with van der Waals surface area (Å²) < 4.78 is 10.9. The van der Waals surface area contributed by atoms with Gasteiger partial charge >= 0.3 is 6.09 Å². The van der Waals surface area contributed by atoms with Gasteiger partial charge in [0.2, 0.25) is 0 Å². The van der Waals surface area contributed by atoms with E-state index in [9.17, 15) is 9.90 Å². The maximum atomic E-state index is 12.4. The molecule has 1 amide bonds. The van der Waals surface area contributed by atoms with E-state index in [1.165, 1.54) is 0 Å². The molecule has 1 aliphatic rings. The van der Waals surface area contributed by atoms with Crippen LogP contribution in [0, 0.1) is 6.92 Å². The number of morpholine rings is 1. The summed E-state index contributed by atoms with van der Waals surface area (Å²) >= 11 is 0. The highest BCUT2D eigenvalue weighted by atomic mass is 16.6. The van der Waals surface area contributed by atoms with E-state index >= 15 is 0 Å². The largest absolute Gasteiger partial charge is 0.444 e. The zero-order chi connectivity index (χ0) is 16.3. The van der Waals surface area contributed by atoms with Crippen molar-refractivity contribution in [1.29, 1.82) is 0 Å². The number of hydrogen-bond acceptors (Lipinski definition) is 4. The molecular formula is C17H25NO4. The van der Waals surface area contributed by atoms with Crippen molar-refractivity contribution in [1.82, 2.24) is 4.90 Å². The lowest BCUT2D eigenvalue weighted by Crippen LogP contribution is -2.52. The Kier molecular flexibility index (Phi) is 5.08. The molecule has 0 radical (unpaired) electrons. The normalized spacial score (nSPS) is 20.6. The molecule has 1 fully saturated rings. The minimum atomic E-state index is -0.798. The summed E-state index contributed by atoms with van der Waals surface area (Å²) in [4.78, 5) is 13.9. The Morgan fingerprint density at radius 2 is 2.00 bits per heavy atom. The maximum absolute atomic E-state index is 12.4. The fraction of sp³-hybridized carbons (Fsp3) is 0.588. The number of aliphatic hydroxyl groups is 1. The van der Waals surface area contributed by atoms with Crippen molar-refractivity contribution in [2.24, 2.45) is 0 Å². The molecule has 1 aromatic carbocycles. The molecule has 1 aliphatic heterocycles. The monoisotopic (exact) mass is 307 g/mol. The van der Waals surface area contributed by atoms with Gasteiger partial charge in [-0.15, -0.1) is 0 Å².